The van der Waals surface area contributed by atoms with Crippen LogP contribution in [0.15, 0.2) is 20.1 Å². The Morgan fingerprint density at radius 1 is 0.862 bits per heavy atom. The highest BCUT2D eigenvalue weighted by molar-refractivity contribution is 6.02. The van der Waals surface area contributed by atoms with Gasteiger partial charge in [0.05, 0.1) is 16.9 Å². The van der Waals surface area contributed by atoms with Crippen molar-refractivity contribution in [3.05, 3.63) is 54.0 Å². The summed E-state index contributed by atoms with van der Waals surface area (Å²) < 4.78 is 18.4. The second kappa shape index (κ2) is 5.85. The van der Waals surface area contributed by atoms with E-state index in [0.717, 1.165) is 21.7 Å². The number of ether oxygens (including phenoxy) is 2. The molecule has 0 N–H and O–H groups in total. The van der Waals surface area contributed by atoms with Gasteiger partial charge in [-0.05, 0) is 38.8 Å². The summed E-state index contributed by atoms with van der Waals surface area (Å²) in [5, 5.41) is 1.95. The van der Waals surface area contributed by atoms with Gasteiger partial charge < -0.3 is 13.9 Å². The topological polar surface area (TPSA) is 65.7 Å². The van der Waals surface area contributed by atoms with Crippen molar-refractivity contribution >= 4 is 28.2 Å². The van der Waals surface area contributed by atoms with Crippen molar-refractivity contribution in [2.24, 2.45) is 0 Å². The molecule has 4 atom stereocenters. The van der Waals surface area contributed by atoms with Crippen molar-refractivity contribution in [2.45, 2.75) is 65.6 Å². The first-order valence-electron chi connectivity index (χ1n) is 10.1. The lowest BCUT2D eigenvalue weighted by atomic mass is 9.84. The number of hydrogen-bond donors (Lipinski definition) is 0. The molecule has 0 saturated heterocycles. The molecule has 0 radical (unpaired) electrons. The molecule has 1 aromatic heterocycles. The van der Waals surface area contributed by atoms with Gasteiger partial charge in [0.2, 0.25) is 0 Å². The van der Waals surface area contributed by atoms with E-state index in [0.29, 0.717) is 33.4 Å². The van der Waals surface area contributed by atoms with Crippen LogP contribution in [0.25, 0.3) is 28.2 Å². The van der Waals surface area contributed by atoms with E-state index < -0.39 is 0 Å². The molecule has 29 heavy (non-hydrogen) atoms. The number of fused-ring (bicyclic) bond motifs is 4. The van der Waals surface area contributed by atoms with Crippen LogP contribution in [0.5, 0.6) is 5.75 Å². The maximum Gasteiger partial charge on any atom is 0.196 e. The van der Waals surface area contributed by atoms with Gasteiger partial charge in [-0.2, -0.15) is 0 Å². The highest BCUT2D eigenvalue weighted by Gasteiger charge is 2.34. The lowest BCUT2D eigenvalue weighted by molar-refractivity contribution is 0.164. The highest BCUT2D eigenvalue weighted by Crippen LogP contribution is 2.44. The Labute approximate surface area is 167 Å². The fraction of sp³-hybridized carbons (Fsp3) is 0.417. The first-order valence-corrected chi connectivity index (χ1v) is 10.1. The molecule has 2 aliphatic rings. The summed E-state index contributed by atoms with van der Waals surface area (Å²) in [6.07, 6.45) is 1.49. The molecule has 0 amide bonds. The molecule has 3 aromatic rings. The molecule has 2 aromatic carbocycles. The normalized spacial score (nSPS) is 25.3. The smallest absolute Gasteiger partial charge is 0.196 e. The Bertz CT molecular complexity index is 1380. The van der Waals surface area contributed by atoms with Crippen LogP contribution in [0.3, 0.4) is 0 Å². The molecule has 0 saturated carbocycles. The zero-order chi connectivity index (χ0) is 20.8. The third-order valence-corrected chi connectivity index (χ3v) is 6.97. The monoisotopic (exact) mass is 392 g/mol. The summed E-state index contributed by atoms with van der Waals surface area (Å²) in [5.74, 6) is 0.606. The van der Waals surface area contributed by atoms with Gasteiger partial charge in [-0.15, -0.1) is 0 Å². The van der Waals surface area contributed by atoms with E-state index in [1.54, 1.807) is 6.26 Å². The molecule has 3 heterocycles. The van der Waals surface area contributed by atoms with E-state index >= 15 is 0 Å². The van der Waals surface area contributed by atoms with Crippen molar-refractivity contribution in [1.29, 1.82) is 0 Å². The molecule has 0 spiro atoms. The Hall–Kier alpha value is -2.82. The SMILES string of the molecule is Cc1c2c3c(c4c(=O)c(C)c5c(c4oc3cc1=O)=CO[C@H](C)[C@H]5C)O[C@H](C)[C@H]2C. The van der Waals surface area contributed by atoms with E-state index in [4.69, 9.17) is 13.9 Å². The Kier molecular flexibility index (Phi) is 3.67. The Morgan fingerprint density at radius 3 is 2.28 bits per heavy atom. The van der Waals surface area contributed by atoms with Crippen LogP contribution in [-0.4, -0.2) is 12.2 Å². The third kappa shape index (κ3) is 2.21. The van der Waals surface area contributed by atoms with Crippen LogP contribution in [-0.2, 0) is 4.74 Å². The largest absolute Gasteiger partial charge is 0.497 e. The van der Waals surface area contributed by atoms with E-state index in [9.17, 15) is 9.59 Å². The lowest BCUT2D eigenvalue weighted by Gasteiger charge is -2.32. The predicted octanol–water partition coefficient (Wildman–Crippen LogP) is 3.79. The summed E-state index contributed by atoms with van der Waals surface area (Å²) >= 11 is 0. The third-order valence-electron chi connectivity index (χ3n) is 6.97. The quantitative estimate of drug-likeness (QED) is 0.545. The second-order valence-corrected chi connectivity index (χ2v) is 8.56. The highest BCUT2D eigenvalue weighted by atomic mass is 16.5. The molecule has 5 nitrogen and oxygen atoms in total. The van der Waals surface area contributed by atoms with Crippen molar-refractivity contribution in [3.63, 3.8) is 0 Å². The van der Waals surface area contributed by atoms with E-state index in [1.165, 1.54) is 6.07 Å². The minimum absolute atomic E-state index is 0.0242. The number of rotatable bonds is 0. The maximum absolute atomic E-state index is 13.5. The van der Waals surface area contributed by atoms with Gasteiger partial charge >= 0.3 is 0 Å². The van der Waals surface area contributed by atoms with Gasteiger partial charge in [0.1, 0.15) is 28.9 Å². The second-order valence-electron chi connectivity index (χ2n) is 8.56. The Balaban J connectivity index is 2.09. The molecule has 0 unspecified atom stereocenters. The van der Waals surface area contributed by atoms with Crippen LogP contribution in [0.2, 0.25) is 0 Å². The maximum atomic E-state index is 13.5. The summed E-state index contributed by atoms with van der Waals surface area (Å²) in [5.41, 5.74) is 4.02. The minimum Gasteiger partial charge on any atom is -0.497 e. The fourth-order valence-electron chi connectivity index (χ4n) is 4.93. The van der Waals surface area contributed by atoms with Gasteiger partial charge in [-0.25, -0.2) is 0 Å². The van der Waals surface area contributed by atoms with Crippen LogP contribution in [0, 0.1) is 13.8 Å². The zero-order valence-corrected chi connectivity index (χ0v) is 17.5. The lowest BCUT2D eigenvalue weighted by Crippen LogP contribution is -2.33. The predicted molar refractivity (Wildman–Crippen MR) is 113 cm³/mol. The van der Waals surface area contributed by atoms with Crippen LogP contribution >= 0.6 is 0 Å². The van der Waals surface area contributed by atoms with Crippen molar-refractivity contribution < 1.29 is 13.9 Å². The zero-order valence-electron chi connectivity index (χ0n) is 17.5. The molecule has 2 aliphatic heterocycles. The fourth-order valence-corrected chi connectivity index (χ4v) is 4.93. The molecule has 0 fully saturated rings. The molecule has 150 valence electrons. The molecule has 0 aliphatic carbocycles. The first-order chi connectivity index (χ1) is 13.7. The molecule has 0 bridgehead atoms. The first kappa shape index (κ1) is 18.2. The average molecular weight is 392 g/mol. The average Bonchev–Trinajstić information content (AvgIpc) is 2.68. The number of hydrogen-bond acceptors (Lipinski definition) is 5. The van der Waals surface area contributed by atoms with E-state index in [-0.39, 0.29) is 34.9 Å². The molecule has 5 rings (SSSR count). The summed E-state index contributed by atoms with van der Waals surface area (Å²) in [4.78, 5) is 26.1. The minimum atomic E-state index is -0.160. The number of benzene rings is 2. The van der Waals surface area contributed by atoms with Crippen molar-refractivity contribution in [1.82, 2.24) is 0 Å². The Morgan fingerprint density at radius 2 is 1.55 bits per heavy atom. The van der Waals surface area contributed by atoms with Gasteiger partial charge in [0.15, 0.2) is 16.4 Å². The molecular weight excluding hydrogens is 368 g/mol. The van der Waals surface area contributed by atoms with Crippen LogP contribution in [0.1, 0.15) is 61.8 Å². The van der Waals surface area contributed by atoms with E-state index in [1.807, 2.05) is 34.6 Å². The van der Waals surface area contributed by atoms with Crippen molar-refractivity contribution in [2.75, 3.05) is 0 Å². The van der Waals surface area contributed by atoms with Gasteiger partial charge in [0, 0.05) is 29.0 Å². The van der Waals surface area contributed by atoms with E-state index in [2.05, 4.69) is 6.92 Å². The van der Waals surface area contributed by atoms with Gasteiger partial charge in [-0.1, -0.05) is 13.8 Å². The van der Waals surface area contributed by atoms with Crippen molar-refractivity contribution in [3.8, 4) is 5.75 Å². The summed E-state index contributed by atoms with van der Waals surface area (Å²) in [7, 11) is 0. The molecular formula is C24H24O5. The van der Waals surface area contributed by atoms with Crippen LogP contribution in [0.4, 0.5) is 0 Å². The summed E-state index contributed by atoms with van der Waals surface area (Å²) in [6, 6.07) is 1.51. The standard InChI is InChI=1S/C24H24O5/c1-9-13(5)27-8-15-18(9)12(4)22(26)21-23(15)29-17-7-16(25)11(3)19-10(2)14(6)28-24(21)20(17)19/h7-10,13-14H,1-6H3/t9-,10-,13-,14-/m1/s1. The summed E-state index contributed by atoms with van der Waals surface area (Å²) in [6.45, 7) is 11.8. The van der Waals surface area contributed by atoms with Gasteiger partial charge in [0.25, 0.3) is 0 Å². The van der Waals surface area contributed by atoms with Crippen LogP contribution < -0.4 is 20.8 Å². The molecule has 5 heteroatoms. The van der Waals surface area contributed by atoms with Gasteiger partial charge in [-0.3, -0.25) is 9.59 Å².